The van der Waals surface area contributed by atoms with Crippen LogP contribution in [0.15, 0.2) is 66.9 Å². The molecule has 2 heteroatoms. The topological polar surface area (TPSA) is 12.9 Å². The minimum absolute atomic E-state index is 0.495. The first-order valence-corrected chi connectivity index (χ1v) is 16.9. The Bertz CT molecular complexity index is 982. The summed E-state index contributed by atoms with van der Waals surface area (Å²) in [5.74, 6) is 6.90. The van der Waals surface area contributed by atoms with Crippen LogP contribution in [0.4, 0.5) is 0 Å². The molecule has 3 rings (SSSR count). The number of nitrogens with zero attached hydrogens (tertiary/aromatic N) is 1. The monoisotopic (exact) mass is 421 g/mol. The van der Waals surface area contributed by atoms with Crippen molar-refractivity contribution in [1.29, 1.82) is 0 Å². The van der Waals surface area contributed by atoms with Gasteiger partial charge in [0.25, 0.3) is 0 Å². The van der Waals surface area contributed by atoms with Gasteiger partial charge in [-0.05, 0) is 0 Å². The number of benzene rings is 2. The van der Waals surface area contributed by atoms with Crippen molar-refractivity contribution >= 4 is 17.7 Å². The van der Waals surface area contributed by atoms with E-state index in [0.717, 1.165) is 21.2 Å². The summed E-state index contributed by atoms with van der Waals surface area (Å²) in [4.78, 5) is 4.75. The summed E-state index contributed by atoms with van der Waals surface area (Å²) in [6.45, 7) is 5.92. The van der Waals surface area contributed by atoms with Crippen LogP contribution in [0.1, 0.15) is 29.1 Å². The Morgan fingerprint density at radius 1 is 0.852 bits per heavy atom. The van der Waals surface area contributed by atoms with Crippen molar-refractivity contribution < 1.29 is 2.74 Å². The molecular formula is C25H31GeN. The van der Waals surface area contributed by atoms with E-state index in [9.17, 15) is 0 Å². The average Bonchev–Trinajstić information content (AvgIpc) is 2.67. The van der Waals surface area contributed by atoms with Crippen LogP contribution in [0, 0.1) is 5.41 Å². The van der Waals surface area contributed by atoms with Crippen molar-refractivity contribution in [2.45, 2.75) is 44.4 Å². The van der Waals surface area contributed by atoms with E-state index < -0.39 is 25.1 Å². The number of hydrogen-bond acceptors (Lipinski definition) is 1. The van der Waals surface area contributed by atoms with E-state index in [1.165, 1.54) is 11.1 Å². The zero-order valence-corrected chi connectivity index (χ0v) is 19.4. The quantitative estimate of drug-likeness (QED) is 0.437. The zero-order chi connectivity index (χ0) is 21.4. The van der Waals surface area contributed by atoms with Crippen molar-refractivity contribution in [2.24, 2.45) is 5.41 Å². The van der Waals surface area contributed by atoms with Gasteiger partial charge in [0.05, 0.1) is 0 Å². The molecular weight excluding hydrogens is 387 g/mol. The molecule has 0 saturated heterocycles. The fraction of sp³-hybridized carbons (Fsp3) is 0.320. The Labute approximate surface area is 170 Å². The van der Waals surface area contributed by atoms with E-state index in [-0.39, 0.29) is 0 Å². The molecule has 0 unspecified atom stereocenters. The van der Waals surface area contributed by atoms with E-state index in [2.05, 4.69) is 53.7 Å². The van der Waals surface area contributed by atoms with E-state index in [1.807, 2.05) is 51.2 Å². The van der Waals surface area contributed by atoms with E-state index in [1.54, 1.807) is 0 Å². The van der Waals surface area contributed by atoms with Crippen molar-refractivity contribution in [3.05, 3.63) is 72.4 Å². The number of pyridine rings is 1. The molecule has 1 heterocycles. The van der Waals surface area contributed by atoms with Gasteiger partial charge in [-0.15, -0.1) is 0 Å². The summed E-state index contributed by atoms with van der Waals surface area (Å²) < 4.78 is 19.0. The predicted octanol–water partition coefficient (Wildman–Crippen LogP) is 6.55. The molecule has 0 bridgehead atoms. The van der Waals surface area contributed by atoms with Crippen LogP contribution in [-0.4, -0.2) is 18.3 Å². The van der Waals surface area contributed by atoms with Crippen molar-refractivity contribution in [3.63, 3.8) is 0 Å². The van der Waals surface area contributed by atoms with Gasteiger partial charge in [0.15, 0.2) is 0 Å². The SMILES string of the molecule is [2H]C([2H])(c1cc(-c2ccc(-c3ccccc3)cc2)nc[c]1[Ge]([CH3])([CH3])[CH3])C(C)(C)C. The van der Waals surface area contributed by atoms with Crippen LogP contribution in [0.2, 0.25) is 17.3 Å². The standard InChI is InChI=1S/C25H31GeN/c1-25(2,3)17-22-16-24(27-18-23(22)26(4,5)6)21-14-12-20(13-15-21)19-10-8-7-9-11-19/h7-16,18H,17H2,1-6H3/i17D2. The second-order valence-electron chi connectivity index (χ2n) is 9.18. The van der Waals surface area contributed by atoms with Crippen LogP contribution >= 0.6 is 0 Å². The molecule has 0 aliphatic carbocycles. The Morgan fingerprint density at radius 2 is 1.41 bits per heavy atom. The molecule has 27 heavy (non-hydrogen) atoms. The van der Waals surface area contributed by atoms with Crippen LogP contribution < -0.4 is 4.40 Å². The van der Waals surface area contributed by atoms with Gasteiger partial charge >= 0.3 is 170 Å². The van der Waals surface area contributed by atoms with Crippen molar-refractivity contribution in [1.82, 2.24) is 4.98 Å². The van der Waals surface area contributed by atoms with Gasteiger partial charge in [-0.2, -0.15) is 0 Å². The van der Waals surface area contributed by atoms with Gasteiger partial charge in [0, 0.05) is 0 Å². The summed E-state index contributed by atoms with van der Waals surface area (Å²) >= 11 is -2.29. The van der Waals surface area contributed by atoms with Crippen LogP contribution in [-0.2, 0) is 6.37 Å². The second-order valence-corrected chi connectivity index (χ2v) is 19.8. The molecule has 140 valence electrons. The Morgan fingerprint density at radius 3 is 1.96 bits per heavy atom. The molecule has 3 aromatic rings. The third-order valence-electron chi connectivity index (χ3n) is 4.51. The molecule has 1 aromatic heterocycles. The van der Waals surface area contributed by atoms with E-state index >= 15 is 0 Å². The predicted molar refractivity (Wildman–Crippen MR) is 121 cm³/mol. The van der Waals surface area contributed by atoms with Gasteiger partial charge in [0.1, 0.15) is 0 Å². The maximum atomic E-state index is 8.91. The summed E-state index contributed by atoms with van der Waals surface area (Å²) in [6.07, 6.45) is 0.516. The van der Waals surface area contributed by atoms with Crippen LogP contribution in [0.3, 0.4) is 0 Å². The first-order chi connectivity index (χ1) is 13.4. The molecule has 1 nitrogen and oxygen atoms in total. The first-order valence-electron chi connectivity index (χ1n) is 10.6. The summed E-state index contributed by atoms with van der Waals surface area (Å²) in [5.41, 5.74) is 4.53. The molecule has 0 aliphatic rings. The zero-order valence-electron chi connectivity index (χ0n) is 19.3. The minimum atomic E-state index is -2.29. The fourth-order valence-corrected chi connectivity index (χ4v) is 6.11. The van der Waals surface area contributed by atoms with Gasteiger partial charge in [-0.1, -0.05) is 0 Å². The summed E-state index contributed by atoms with van der Waals surface area (Å²) in [5, 5.41) is 0. The fourth-order valence-electron chi connectivity index (χ4n) is 3.18. The van der Waals surface area contributed by atoms with Gasteiger partial charge in [-0.25, -0.2) is 0 Å². The average molecular weight is 420 g/mol. The van der Waals surface area contributed by atoms with Crippen LogP contribution in [0.25, 0.3) is 22.4 Å². The van der Waals surface area contributed by atoms with Crippen molar-refractivity contribution in [3.8, 4) is 22.4 Å². The first kappa shape index (κ1) is 17.2. The summed E-state index contributed by atoms with van der Waals surface area (Å²) in [6, 6.07) is 20.7. The molecule has 0 fully saturated rings. The number of hydrogen-bond donors (Lipinski definition) is 0. The Balaban J connectivity index is 2.09. The maximum absolute atomic E-state index is 8.91. The Hall–Kier alpha value is -1.87. The number of aromatic nitrogens is 1. The third kappa shape index (κ3) is 5.10. The Kier molecular flexibility index (Phi) is 4.88. The molecule has 0 spiro atoms. The van der Waals surface area contributed by atoms with Crippen molar-refractivity contribution in [2.75, 3.05) is 0 Å². The molecule has 0 amide bonds. The molecule has 2 aromatic carbocycles. The molecule has 0 N–H and O–H groups in total. The molecule has 0 saturated carbocycles. The molecule has 0 aliphatic heterocycles. The molecule has 0 atom stereocenters. The van der Waals surface area contributed by atoms with Crippen LogP contribution in [0.5, 0.6) is 0 Å². The van der Waals surface area contributed by atoms with E-state index in [4.69, 9.17) is 7.73 Å². The van der Waals surface area contributed by atoms with Gasteiger partial charge in [-0.3, -0.25) is 0 Å². The van der Waals surface area contributed by atoms with Gasteiger partial charge in [0.2, 0.25) is 0 Å². The number of rotatable bonds is 4. The van der Waals surface area contributed by atoms with Gasteiger partial charge < -0.3 is 0 Å². The second kappa shape index (κ2) is 7.63. The van der Waals surface area contributed by atoms with E-state index in [0.29, 0.717) is 0 Å². The summed E-state index contributed by atoms with van der Waals surface area (Å²) in [7, 11) is 0. The molecule has 0 radical (unpaired) electrons. The normalized spacial score (nSPS) is 13.9. The third-order valence-corrected chi connectivity index (χ3v) is 8.74.